The second-order valence-corrected chi connectivity index (χ2v) is 11.4. The predicted octanol–water partition coefficient (Wildman–Crippen LogP) is 4.31. The van der Waals surface area contributed by atoms with Gasteiger partial charge in [0.25, 0.3) is 15.7 Å². The second kappa shape index (κ2) is 13.5. The second-order valence-electron chi connectivity index (χ2n) is 9.13. The lowest BCUT2D eigenvalue weighted by atomic mass is 10.1. The molecular weight excluding hydrogens is 572 g/mol. The SMILES string of the molecule is CCNC(=O)C(C)N(Cc1ccc(Cl)cc1)C(=O)CN(c1ccc(OC)cc1)S(=O)(=O)c1ccc(C)c([N+](=O)[O-])c1. The molecule has 0 fully saturated rings. The van der Waals surface area contributed by atoms with Gasteiger partial charge in [-0.25, -0.2) is 8.42 Å². The molecule has 0 radical (unpaired) electrons. The quantitative estimate of drug-likeness (QED) is 0.241. The number of methoxy groups -OCH3 is 1. The van der Waals surface area contributed by atoms with Gasteiger partial charge in [-0.1, -0.05) is 29.8 Å². The van der Waals surface area contributed by atoms with Crippen LogP contribution in [0.2, 0.25) is 5.02 Å². The van der Waals surface area contributed by atoms with E-state index >= 15 is 0 Å². The molecular formula is C28H31ClN4O7S. The summed E-state index contributed by atoms with van der Waals surface area (Å²) >= 11 is 6.00. The largest absolute Gasteiger partial charge is 0.497 e. The van der Waals surface area contributed by atoms with Gasteiger partial charge >= 0.3 is 0 Å². The number of amides is 2. The van der Waals surface area contributed by atoms with Gasteiger partial charge in [-0.05, 0) is 68.8 Å². The number of hydrogen-bond donors (Lipinski definition) is 1. The number of halogens is 1. The van der Waals surface area contributed by atoms with E-state index < -0.39 is 39.3 Å². The lowest BCUT2D eigenvalue weighted by Crippen LogP contribution is -2.51. The summed E-state index contributed by atoms with van der Waals surface area (Å²) in [5.74, 6) is -0.625. The molecule has 0 aliphatic rings. The summed E-state index contributed by atoms with van der Waals surface area (Å²) in [6.45, 7) is 4.44. The Morgan fingerprint density at radius 2 is 1.71 bits per heavy atom. The van der Waals surface area contributed by atoms with E-state index in [1.165, 1.54) is 55.3 Å². The Morgan fingerprint density at radius 1 is 1.07 bits per heavy atom. The molecule has 0 aliphatic carbocycles. The number of nitro groups is 1. The highest BCUT2D eigenvalue weighted by Crippen LogP contribution is 2.29. The van der Waals surface area contributed by atoms with Crippen molar-refractivity contribution in [2.24, 2.45) is 0 Å². The van der Waals surface area contributed by atoms with Crippen LogP contribution in [-0.4, -0.2) is 56.3 Å². The maximum absolute atomic E-state index is 13.9. The zero-order valence-electron chi connectivity index (χ0n) is 23.0. The summed E-state index contributed by atoms with van der Waals surface area (Å²) in [5, 5.41) is 14.7. The van der Waals surface area contributed by atoms with Gasteiger partial charge in [-0.3, -0.25) is 24.0 Å². The molecule has 2 amide bonds. The van der Waals surface area contributed by atoms with Crippen molar-refractivity contribution in [2.45, 2.75) is 38.3 Å². The van der Waals surface area contributed by atoms with Crippen LogP contribution >= 0.6 is 11.6 Å². The first-order valence-corrected chi connectivity index (χ1v) is 14.4. The molecule has 0 saturated carbocycles. The van der Waals surface area contributed by atoms with Crippen molar-refractivity contribution in [1.29, 1.82) is 0 Å². The van der Waals surface area contributed by atoms with Crippen molar-refractivity contribution in [3.05, 3.63) is 93.0 Å². The first kappa shape index (κ1) is 31.4. The molecule has 0 heterocycles. The zero-order valence-corrected chi connectivity index (χ0v) is 24.6. The van der Waals surface area contributed by atoms with E-state index in [1.807, 2.05) is 0 Å². The van der Waals surface area contributed by atoms with E-state index in [4.69, 9.17) is 16.3 Å². The maximum Gasteiger partial charge on any atom is 0.273 e. The Bertz CT molecular complexity index is 1510. The number of carbonyl (C=O) groups excluding carboxylic acids is 2. The molecule has 1 N–H and O–H groups in total. The lowest BCUT2D eigenvalue weighted by Gasteiger charge is -2.32. The van der Waals surface area contributed by atoms with E-state index in [0.29, 0.717) is 22.9 Å². The minimum atomic E-state index is -4.49. The summed E-state index contributed by atoms with van der Waals surface area (Å²) in [5.41, 5.74) is 0.707. The van der Waals surface area contributed by atoms with Crippen LogP contribution in [0.1, 0.15) is 25.0 Å². The zero-order chi connectivity index (χ0) is 30.3. The van der Waals surface area contributed by atoms with Crippen LogP contribution in [0.4, 0.5) is 11.4 Å². The van der Waals surface area contributed by atoms with Gasteiger partial charge in [0.2, 0.25) is 11.8 Å². The fraction of sp³-hybridized carbons (Fsp3) is 0.286. The highest BCUT2D eigenvalue weighted by Gasteiger charge is 2.33. The Kier molecular flexibility index (Phi) is 10.3. The van der Waals surface area contributed by atoms with Crippen LogP contribution in [0.5, 0.6) is 5.75 Å². The molecule has 1 atom stereocenters. The molecule has 0 saturated heterocycles. The number of hydrogen-bond acceptors (Lipinski definition) is 7. The molecule has 0 bridgehead atoms. The van der Waals surface area contributed by atoms with Crippen LogP contribution < -0.4 is 14.4 Å². The standard InChI is InChI=1S/C28H31ClN4O7S/c1-5-30-28(35)20(3)31(17-21-7-9-22(29)10-8-21)27(34)18-32(23-11-13-24(40-4)14-12-23)41(38,39)25-15-6-19(2)26(16-25)33(36)37/h6-16,20H,5,17-18H2,1-4H3,(H,30,35). The van der Waals surface area contributed by atoms with Gasteiger partial charge in [0.05, 0.1) is 22.6 Å². The highest BCUT2D eigenvalue weighted by molar-refractivity contribution is 7.92. The third-order valence-electron chi connectivity index (χ3n) is 6.39. The minimum absolute atomic E-state index is 0.000800. The van der Waals surface area contributed by atoms with Crippen LogP contribution in [-0.2, 0) is 26.2 Å². The number of rotatable bonds is 12. The normalized spacial score (nSPS) is 11.8. The van der Waals surface area contributed by atoms with Crippen LogP contribution in [0, 0.1) is 17.0 Å². The molecule has 1 unspecified atom stereocenters. The number of sulfonamides is 1. The Hall–Kier alpha value is -4.16. The molecule has 3 aromatic carbocycles. The number of anilines is 1. The summed E-state index contributed by atoms with van der Waals surface area (Å²) in [7, 11) is -3.03. The predicted molar refractivity (Wildman–Crippen MR) is 156 cm³/mol. The lowest BCUT2D eigenvalue weighted by molar-refractivity contribution is -0.385. The first-order chi connectivity index (χ1) is 19.4. The van der Waals surface area contributed by atoms with Crippen molar-refractivity contribution in [3.63, 3.8) is 0 Å². The molecule has 11 nitrogen and oxygen atoms in total. The Morgan fingerprint density at radius 3 is 2.27 bits per heavy atom. The summed E-state index contributed by atoms with van der Waals surface area (Å²) < 4.78 is 33.9. The van der Waals surface area contributed by atoms with E-state index in [-0.39, 0.29) is 28.4 Å². The highest BCUT2D eigenvalue weighted by atomic mass is 35.5. The molecule has 218 valence electrons. The van der Waals surface area contributed by atoms with Gasteiger partial charge in [-0.2, -0.15) is 0 Å². The van der Waals surface area contributed by atoms with Gasteiger partial charge in [0.1, 0.15) is 18.3 Å². The number of likely N-dealkylation sites (N-methyl/N-ethyl adjacent to an activating group) is 1. The fourth-order valence-corrected chi connectivity index (χ4v) is 5.60. The van der Waals surface area contributed by atoms with Crippen molar-refractivity contribution in [3.8, 4) is 5.75 Å². The maximum atomic E-state index is 13.9. The number of nitro benzene ring substituents is 1. The van der Waals surface area contributed by atoms with E-state index in [2.05, 4.69) is 5.32 Å². The van der Waals surface area contributed by atoms with Crippen molar-refractivity contribution in [1.82, 2.24) is 10.2 Å². The minimum Gasteiger partial charge on any atom is -0.497 e. The molecule has 0 aromatic heterocycles. The molecule has 0 spiro atoms. The third kappa shape index (κ3) is 7.53. The average Bonchev–Trinajstić information content (AvgIpc) is 2.95. The van der Waals surface area contributed by atoms with E-state index in [0.717, 1.165) is 10.4 Å². The topological polar surface area (TPSA) is 139 Å². The average molecular weight is 603 g/mol. The smallest absolute Gasteiger partial charge is 0.273 e. The Labute approximate surface area is 243 Å². The van der Waals surface area contributed by atoms with Gasteiger partial charge in [0.15, 0.2) is 0 Å². The van der Waals surface area contributed by atoms with Gasteiger partial charge in [0, 0.05) is 29.7 Å². The monoisotopic (exact) mass is 602 g/mol. The molecule has 3 aromatic rings. The number of carbonyl (C=O) groups is 2. The molecule has 3 rings (SSSR count). The number of nitrogens with one attached hydrogen (secondary N) is 1. The summed E-state index contributed by atoms with van der Waals surface area (Å²) in [6, 6.07) is 15.3. The van der Waals surface area contributed by atoms with Crippen LogP contribution in [0.25, 0.3) is 0 Å². The van der Waals surface area contributed by atoms with Gasteiger partial charge in [-0.15, -0.1) is 0 Å². The molecule has 13 heteroatoms. The van der Waals surface area contributed by atoms with Crippen molar-refractivity contribution < 1.29 is 27.7 Å². The van der Waals surface area contributed by atoms with Crippen LogP contribution in [0.3, 0.4) is 0 Å². The third-order valence-corrected chi connectivity index (χ3v) is 8.41. The van der Waals surface area contributed by atoms with Gasteiger partial charge < -0.3 is 15.0 Å². The summed E-state index contributed by atoms with van der Waals surface area (Å²) in [6.07, 6.45) is 0. The van der Waals surface area contributed by atoms with Crippen LogP contribution in [0.15, 0.2) is 71.6 Å². The number of aryl methyl sites for hydroxylation is 1. The number of benzene rings is 3. The van der Waals surface area contributed by atoms with Crippen molar-refractivity contribution in [2.75, 3.05) is 24.5 Å². The van der Waals surface area contributed by atoms with E-state index in [9.17, 15) is 28.1 Å². The first-order valence-electron chi connectivity index (χ1n) is 12.6. The summed E-state index contributed by atoms with van der Waals surface area (Å²) in [4.78, 5) is 38.4. The number of ether oxygens (including phenoxy) is 1. The molecule has 41 heavy (non-hydrogen) atoms. The fourth-order valence-electron chi connectivity index (χ4n) is 4.04. The van der Waals surface area contributed by atoms with E-state index in [1.54, 1.807) is 38.1 Å². The molecule has 0 aliphatic heterocycles. The number of nitrogens with zero attached hydrogens (tertiary/aromatic N) is 3. The van der Waals surface area contributed by atoms with Crippen molar-refractivity contribution >= 4 is 44.8 Å². The Balaban J connectivity index is 2.08.